The normalized spacial score (nSPS) is 11.7. The van der Waals surface area contributed by atoms with Crippen molar-refractivity contribution in [1.82, 2.24) is 5.32 Å². The van der Waals surface area contributed by atoms with Crippen LogP contribution in [0.15, 0.2) is 47.4 Å². The van der Waals surface area contributed by atoms with Gasteiger partial charge in [-0.25, -0.2) is 8.42 Å². The summed E-state index contributed by atoms with van der Waals surface area (Å²) in [6.45, 7) is 7.95. The topological polar surface area (TPSA) is 84.5 Å². The summed E-state index contributed by atoms with van der Waals surface area (Å²) in [6, 6.07) is 11.9. The van der Waals surface area contributed by atoms with Gasteiger partial charge in [0, 0.05) is 13.5 Å². The highest BCUT2D eigenvalue weighted by Crippen LogP contribution is 2.32. The van der Waals surface area contributed by atoms with E-state index in [0.717, 1.165) is 11.1 Å². The number of amides is 1. The molecule has 2 N–H and O–H groups in total. The number of hydrogen-bond acceptors (Lipinski definition) is 4. The van der Waals surface area contributed by atoms with Crippen molar-refractivity contribution in [3.8, 4) is 5.75 Å². The number of carbonyl (C=O) groups excluding carboxylic acids is 1. The molecule has 0 fully saturated rings. The Labute approximate surface area is 161 Å². The number of benzene rings is 2. The maximum Gasteiger partial charge on any atom is 0.262 e. The second-order valence-corrected chi connectivity index (χ2v) is 9.01. The molecule has 0 saturated heterocycles. The van der Waals surface area contributed by atoms with Gasteiger partial charge in [-0.15, -0.1) is 0 Å². The molecule has 0 bridgehead atoms. The average Bonchev–Trinajstić information content (AvgIpc) is 2.59. The van der Waals surface area contributed by atoms with E-state index in [1.165, 1.54) is 26.2 Å². The Morgan fingerprint density at radius 3 is 2.22 bits per heavy atom. The van der Waals surface area contributed by atoms with E-state index in [9.17, 15) is 13.2 Å². The third-order valence-corrected chi connectivity index (χ3v) is 5.47. The molecule has 0 spiro atoms. The molecule has 0 aromatic heterocycles. The fourth-order valence-electron chi connectivity index (χ4n) is 2.47. The van der Waals surface area contributed by atoms with Crippen molar-refractivity contribution < 1.29 is 17.9 Å². The summed E-state index contributed by atoms with van der Waals surface area (Å²) < 4.78 is 33.5. The van der Waals surface area contributed by atoms with Gasteiger partial charge in [0.2, 0.25) is 5.91 Å². The van der Waals surface area contributed by atoms with E-state index >= 15 is 0 Å². The molecule has 0 aliphatic heterocycles. The Morgan fingerprint density at radius 1 is 1.07 bits per heavy atom. The van der Waals surface area contributed by atoms with Crippen LogP contribution in [0.1, 0.15) is 38.8 Å². The highest BCUT2D eigenvalue weighted by atomic mass is 32.2. The van der Waals surface area contributed by atoms with Crippen LogP contribution in [0.25, 0.3) is 0 Å². The molecule has 0 saturated carbocycles. The van der Waals surface area contributed by atoms with E-state index in [4.69, 9.17) is 4.74 Å². The van der Waals surface area contributed by atoms with Crippen molar-refractivity contribution in [2.75, 3.05) is 11.8 Å². The van der Waals surface area contributed by atoms with Crippen LogP contribution in [-0.2, 0) is 26.8 Å². The number of nitrogens with one attached hydrogen (secondary N) is 2. The smallest absolute Gasteiger partial charge is 0.262 e. The number of hydrogen-bond donors (Lipinski definition) is 2. The zero-order chi connectivity index (χ0) is 20.2. The molecule has 2 aromatic carbocycles. The van der Waals surface area contributed by atoms with Crippen LogP contribution in [0.4, 0.5) is 5.69 Å². The lowest BCUT2D eigenvalue weighted by molar-refractivity contribution is -0.119. The molecular weight excluding hydrogens is 364 g/mol. The van der Waals surface area contributed by atoms with E-state index in [-0.39, 0.29) is 16.2 Å². The van der Waals surface area contributed by atoms with Gasteiger partial charge in [0.1, 0.15) is 5.75 Å². The number of rotatable bonds is 6. The Morgan fingerprint density at radius 2 is 1.70 bits per heavy atom. The molecule has 146 valence electrons. The van der Waals surface area contributed by atoms with Crippen molar-refractivity contribution in [3.63, 3.8) is 0 Å². The first-order valence-corrected chi connectivity index (χ1v) is 10.1. The van der Waals surface area contributed by atoms with E-state index in [1.54, 1.807) is 24.3 Å². The minimum absolute atomic E-state index is 0.127. The summed E-state index contributed by atoms with van der Waals surface area (Å²) in [5.74, 6) is 0.313. The second-order valence-electron chi connectivity index (χ2n) is 7.32. The highest BCUT2D eigenvalue weighted by Gasteiger charge is 2.20. The van der Waals surface area contributed by atoms with Crippen molar-refractivity contribution in [1.29, 1.82) is 0 Å². The summed E-state index contributed by atoms with van der Waals surface area (Å²) in [5, 5.41) is 2.67. The molecule has 27 heavy (non-hydrogen) atoms. The molecule has 7 heteroatoms. The quantitative estimate of drug-likeness (QED) is 0.791. The van der Waals surface area contributed by atoms with Gasteiger partial charge in [-0.05, 0) is 40.8 Å². The van der Waals surface area contributed by atoms with Gasteiger partial charge in [0.05, 0.1) is 17.7 Å². The largest absolute Gasteiger partial charge is 0.495 e. The summed E-state index contributed by atoms with van der Waals surface area (Å²) >= 11 is 0. The van der Waals surface area contributed by atoms with Gasteiger partial charge < -0.3 is 10.1 Å². The average molecular weight is 391 g/mol. The molecule has 2 aromatic rings. The lowest BCUT2D eigenvalue weighted by atomic mass is 9.87. The number of carbonyl (C=O) groups is 1. The van der Waals surface area contributed by atoms with Crippen LogP contribution >= 0.6 is 0 Å². The Bertz CT molecular complexity index is 914. The lowest BCUT2D eigenvalue weighted by Gasteiger charge is -2.21. The van der Waals surface area contributed by atoms with Crippen LogP contribution in [-0.4, -0.2) is 21.4 Å². The maximum atomic E-state index is 12.8. The molecule has 0 aliphatic carbocycles. The first-order chi connectivity index (χ1) is 12.5. The molecule has 0 unspecified atom stereocenters. The van der Waals surface area contributed by atoms with E-state index in [0.29, 0.717) is 18.0 Å². The van der Waals surface area contributed by atoms with Gasteiger partial charge in [-0.1, -0.05) is 39.0 Å². The number of sulfonamides is 1. The Balaban J connectivity index is 2.29. The Kier molecular flexibility index (Phi) is 6.15. The number of anilines is 1. The standard InChI is InChI=1S/C20H26N2O4S/c1-14(23)21-13-15-6-9-17(10-7-15)27(24,25)22-18-12-16(20(2,3)4)8-11-19(18)26-5/h6-12,22H,13H2,1-5H3,(H,21,23). The maximum absolute atomic E-state index is 12.8. The molecule has 0 atom stereocenters. The minimum atomic E-state index is -3.77. The van der Waals surface area contributed by atoms with E-state index in [1.807, 2.05) is 6.07 Å². The van der Waals surface area contributed by atoms with Crippen molar-refractivity contribution >= 4 is 21.6 Å². The number of methoxy groups -OCH3 is 1. The summed E-state index contributed by atoms with van der Waals surface area (Å²) in [5.41, 5.74) is 2.08. The fraction of sp³-hybridized carbons (Fsp3) is 0.350. The highest BCUT2D eigenvalue weighted by molar-refractivity contribution is 7.92. The van der Waals surface area contributed by atoms with Gasteiger partial charge in [-0.2, -0.15) is 0 Å². The van der Waals surface area contributed by atoms with Crippen LogP contribution < -0.4 is 14.8 Å². The fourth-order valence-corrected chi connectivity index (χ4v) is 3.53. The molecule has 0 radical (unpaired) electrons. The van der Waals surface area contributed by atoms with Crippen molar-refractivity contribution in [2.24, 2.45) is 0 Å². The van der Waals surface area contributed by atoms with Gasteiger partial charge in [0.15, 0.2) is 0 Å². The SMILES string of the molecule is COc1ccc(C(C)(C)C)cc1NS(=O)(=O)c1ccc(CNC(C)=O)cc1. The first-order valence-electron chi connectivity index (χ1n) is 8.57. The molecule has 0 aliphatic rings. The van der Waals surface area contributed by atoms with Gasteiger partial charge in [0.25, 0.3) is 10.0 Å². The van der Waals surface area contributed by atoms with Crippen molar-refractivity contribution in [3.05, 3.63) is 53.6 Å². The van der Waals surface area contributed by atoms with Crippen molar-refractivity contribution in [2.45, 2.75) is 44.6 Å². The third-order valence-electron chi connectivity index (χ3n) is 4.08. The molecule has 0 heterocycles. The predicted molar refractivity (Wildman–Crippen MR) is 106 cm³/mol. The third kappa shape index (κ3) is 5.47. The van der Waals surface area contributed by atoms with Crippen LogP contribution in [0.3, 0.4) is 0 Å². The zero-order valence-electron chi connectivity index (χ0n) is 16.3. The van der Waals surface area contributed by atoms with E-state index in [2.05, 4.69) is 30.8 Å². The lowest BCUT2D eigenvalue weighted by Crippen LogP contribution is -2.19. The molecular formula is C20H26N2O4S. The summed E-state index contributed by atoms with van der Waals surface area (Å²) in [6.07, 6.45) is 0. The summed E-state index contributed by atoms with van der Waals surface area (Å²) in [4.78, 5) is 11.1. The van der Waals surface area contributed by atoms with E-state index < -0.39 is 10.0 Å². The first kappa shape index (κ1) is 20.8. The molecule has 6 nitrogen and oxygen atoms in total. The minimum Gasteiger partial charge on any atom is -0.495 e. The Hall–Kier alpha value is -2.54. The molecule has 2 rings (SSSR count). The van der Waals surface area contributed by atoms with Crippen LogP contribution in [0, 0.1) is 0 Å². The van der Waals surface area contributed by atoms with Crippen LogP contribution in [0.5, 0.6) is 5.75 Å². The molecule has 1 amide bonds. The predicted octanol–water partition coefficient (Wildman–Crippen LogP) is 3.43. The second kappa shape index (κ2) is 8.00. The summed E-state index contributed by atoms with van der Waals surface area (Å²) in [7, 11) is -2.27. The zero-order valence-corrected chi connectivity index (χ0v) is 17.1. The van der Waals surface area contributed by atoms with Gasteiger partial charge in [-0.3, -0.25) is 9.52 Å². The monoisotopic (exact) mass is 390 g/mol. The number of ether oxygens (including phenoxy) is 1. The van der Waals surface area contributed by atoms with Gasteiger partial charge >= 0.3 is 0 Å². The van der Waals surface area contributed by atoms with Crippen LogP contribution in [0.2, 0.25) is 0 Å².